The molecule has 0 aromatic heterocycles. The molecular weight excluding hydrogens is 156 g/mol. The Bertz CT molecular complexity index is 186. The predicted molar refractivity (Wildman–Crippen MR) is 46.9 cm³/mol. The number of carbonyl (C=O) groups is 1. The highest BCUT2D eigenvalue weighted by Gasteiger charge is 2.31. The Morgan fingerprint density at radius 3 is 2.25 bits per heavy atom. The highest BCUT2D eigenvalue weighted by molar-refractivity contribution is 5.88. The van der Waals surface area contributed by atoms with Gasteiger partial charge in [0, 0.05) is 0 Å². The lowest BCUT2D eigenvalue weighted by Gasteiger charge is -2.26. The Kier molecular flexibility index (Phi) is 3.96. The molecule has 3 heteroatoms. The van der Waals surface area contributed by atoms with Gasteiger partial charge in [-0.1, -0.05) is 26.8 Å². The van der Waals surface area contributed by atoms with Crippen LogP contribution in [0.15, 0.2) is 12.2 Å². The van der Waals surface area contributed by atoms with E-state index in [0.717, 1.165) is 6.42 Å². The molecule has 70 valence electrons. The minimum atomic E-state index is -1.22. The number of carboxylic acid groups (broad SMARTS) is 1. The number of hydrogen-bond acceptors (Lipinski definition) is 2. The van der Waals surface area contributed by atoms with Crippen molar-refractivity contribution in [3.05, 3.63) is 12.2 Å². The Hall–Kier alpha value is -0.830. The zero-order chi connectivity index (χ0) is 9.78. The molecule has 0 saturated carbocycles. The fourth-order valence-corrected chi connectivity index (χ4v) is 1.15. The fourth-order valence-electron chi connectivity index (χ4n) is 1.15. The zero-order valence-corrected chi connectivity index (χ0v) is 7.63. The molecule has 0 radical (unpaired) electrons. The van der Waals surface area contributed by atoms with E-state index in [9.17, 15) is 9.90 Å². The molecule has 2 N–H and O–H groups in total. The van der Waals surface area contributed by atoms with Crippen molar-refractivity contribution in [3.8, 4) is 0 Å². The van der Waals surface area contributed by atoms with Gasteiger partial charge in [0.25, 0.3) is 0 Å². The molecule has 0 fully saturated rings. The van der Waals surface area contributed by atoms with Crippen molar-refractivity contribution in [2.45, 2.75) is 38.7 Å². The molecule has 0 aromatic rings. The first-order valence-electron chi connectivity index (χ1n) is 4.13. The molecule has 0 spiro atoms. The van der Waals surface area contributed by atoms with Gasteiger partial charge in [0.1, 0.15) is 0 Å². The van der Waals surface area contributed by atoms with Crippen LogP contribution in [0.1, 0.15) is 33.1 Å². The summed E-state index contributed by atoms with van der Waals surface area (Å²) in [5, 5.41) is 18.4. The van der Waals surface area contributed by atoms with Crippen LogP contribution in [0.5, 0.6) is 0 Å². The van der Waals surface area contributed by atoms with E-state index >= 15 is 0 Å². The molecule has 12 heavy (non-hydrogen) atoms. The maximum atomic E-state index is 10.5. The summed E-state index contributed by atoms with van der Waals surface area (Å²) in [5.41, 5.74) is -1.33. The van der Waals surface area contributed by atoms with E-state index in [-0.39, 0.29) is 5.57 Å². The normalized spacial score (nSPS) is 15.2. The van der Waals surface area contributed by atoms with Gasteiger partial charge in [-0.25, -0.2) is 4.79 Å². The van der Waals surface area contributed by atoms with Gasteiger partial charge in [-0.05, 0) is 12.8 Å². The number of hydrogen-bond donors (Lipinski definition) is 2. The van der Waals surface area contributed by atoms with Crippen molar-refractivity contribution >= 4 is 5.97 Å². The highest BCUT2D eigenvalue weighted by atomic mass is 16.4. The van der Waals surface area contributed by atoms with Gasteiger partial charge in [-0.15, -0.1) is 0 Å². The van der Waals surface area contributed by atoms with Crippen LogP contribution in [0.4, 0.5) is 0 Å². The number of carboxylic acids is 1. The molecule has 0 saturated heterocycles. The van der Waals surface area contributed by atoms with Crippen LogP contribution >= 0.6 is 0 Å². The van der Waals surface area contributed by atoms with Crippen LogP contribution in [0, 0.1) is 0 Å². The van der Waals surface area contributed by atoms with Gasteiger partial charge in [-0.3, -0.25) is 0 Å². The van der Waals surface area contributed by atoms with Gasteiger partial charge in [-0.2, -0.15) is 0 Å². The minimum absolute atomic E-state index is 0.105. The molecular formula is C9H16O3. The molecule has 1 atom stereocenters. The van der Waals surface area contributed by atoms with Crippen molar-refractivity contribution in [3.63, 3.8) is 0 Å². The van der Waals surface area contributed by atoms with Crippen molar-refractivity contribution in [1.82, 2.24) is 0 Å². The second kappa shape index (κ2) is 4.26. The molecule has 0 aromatic carbocycles. The van der Waals surface area contributed by atoms with E-state index in [2.05, 4.69) is 6.58 Å². The lowest BCUT2D eigenvalue weighted by Crippen LogP contribution is -2.33. The third-order valence-electron chi connectivity index (χ3n) is 2.07. The van der Waals surface area contributed by atoms with Gasteiger partial charge >= 0.3 is 5.97 Å². The van der Waals surface area contributed by atoms with Crippen molar-refractivity contribution < 1.29 is 15.0 Å². The molecule has 0 rings (SSSR count). The summed E-state index contributed by atoms with van der Waals surface area (Å²) < 4.78 is 0. The maximum absolute atomic E-state index is 10.5. The quantitative estimate of drug-likeness (QED) is 0.619. The standard InChI is InChI=1S/C9H16O3/c1-4-6-9(12,5-2)7(3)8(10)11/h12H,3-6H2,1-2H3,(H,10,11). The Morgan fingerprint density at radius 1 is 1.50 bits per heavy atom. The smallest absolute Gasteiger partial charge is 0.333 e. The van der Waals surface area contributed by atoms with Crippen LogP contribution in [0.3, 0.4) is 0 Å². The van der Waals surface area contributed by atoms with Crippen LogP contribution in [0.25, 0.3) is 0 Å². The van der Waals surface area contributed by atoms with Crippen molar-refractivity contribution in [2.75, 3.05) is 0 Å². The average Bonchev–Trinajstić information content (AvgIpc) is 2.03. The van der Waals surface area contributed by atoms with Crippen LogP contribution in [-0.4, -0.2) is 21.8 Å². The first kappa shape index (κ1) is 11.2. The molecule has 0 heterocycles. The van der Waals surface area contributed by atoms with Crippen molar-refractivity contribution in [1.29, 1.82) is 0 Å². The van der Waals surface area contributed by atoms with E-state index in [1.807, 2.05) is 6.92 Å². The Morgan fingerprint density at radius 2 is 2.00 bits per heavy atom. The van der Waals surface area contributed by atoms with E-state index in [0.29, 0.717) is 12.8 Å². The molecule has 0 aliphatic carbocycles. The van der Waals surface area contributed by atoms with Crippen LogP contribution < -0.4 is 0 Å². The molecule has 0 aliphatic heterocycles. The zero-order valence-electron chi connectivity index (χ0n) is 7.63. The fraction of sp³-hybridized carbons (Fsp3) is 0.667. The summed E-state index contributed by atoms with van der Waals surface area (Å²) in [5.74, 6) is -1.12. The van der Waals surface area contributed by atoms with E-state index in [4.69, 9.17) is 5.11 Å². The van der Waals surface area contributed by atoms with E-state index in [1.165, 1.54) is 0 Å². The monoisotopic (exact) mass is 172 g/mol. The summed E-state index contributed by atoms with van der Waals surface area (Å²) in [6.07, 6.45) is 1.59. The topological polar surface area (TPSA) is 57.5 Å². The largest absolute Gasteiger partial charge is 0.478 e. The van der Waals surface area contributed by atoms with Gasteiger partial charge in [0.15, 0.2) is 0 Å². The summed E-state index contributed by atoms with van der Waals surface area (Å²) in [6.45, 7) is 7.02. The maximum Gasteiger partial charge on any atom is 0.333 e. The molecule has 0 bridgehead atoms. The SMILES string of the molecule is C=C(C(=O)O)C(O)(CC)CCC. The first-order chi connectivity index (χ1) is 5.48. The first-order valence-corrected chi connectivity index (χ1v) is 4.13. The third kappa shape index (κ3) is 2.34. The van der Waals surface area contributed by atoms with E-state index < -0.39 is 11.6 Å². The Balaban J connectivity index is 4.51. The molecule has 3 nitrogen and oxygen atoms in total. The lowest BCUT2D eigenvalue weighted by molar-refractivity contribution is -0.135. The Labute approximate surface area is 72.7 Å². The van der Waals surface area contributed by atoms with Gasteiger partial charge in [0.05, 0.1) is 11.2 Å². The number of aliphatic hydroxyl groups is 1. The average molecular weight is 172 g/mol. The van der Waals surface area contributed by atoms with Gasteiger partial charge in [0.2, 0.25) is 0 Å². The van der Waals surface area contributed by atoms with Crippen LogP contribution in [0.2, 0.25) is 0 Å². The minimum Gasteiger partial charge on any atom is -0.478 e. The lowest BCUT2D eigenvalue weighted by atomic mass is 9.87. The second-order valence-corrected chi connectivity index (χ2v) is 2.92. The van der Waals surface area contributed by atoms with Crippen molar-refractivity contribution in [2.24, 2.45) is 0 Å². The summed E-state index contributed by atoms with van der Waals surface area (Å²) in [6, 6.07) is 0. The number of rotatable bonds is 5. The predicted octanol–water partition coefficient (Wildman–Crippen LogP) is 1.57. The molecule has 1 unspecified atom stereocenters. The summed E-state index contributed by atoms with van der Waals surface area (Å²) >= 11 is 0. The summed E-state index contributed by atoms with van der Waals surface area (Å²) in [4.78, 5) is 10.5. The summed E-state index contributed by atoms with van der Waals surface area (Å²) in [7, 11) is 0. The van der Waals surface area contributed by atoms with E-state index in [1.54, 1.807) is 6.92 Å². The number of aliphatic carboxylic acids is 1. The molecule has 0 aliphatic rings. The second-order valence-electron chi connectivity index (χ2n) is 2.92. The molecule has 0 amide bonds. The third-order valence-corrected chi connectivity index (χ3v) is 2.07. The van der Waals surface area contributed by atoms with Gasteiger partial charge < -0.3 is 10.2 Å². The highest BCUT2D eigenvalue weighted by Crippen LogP contribution is 2.25. The van der Waals surface area contributed by atoms with Crippen LogP contribution in [-0.2, 0) is 4.79 Å².